The van der Waals surface area contributed by atoms with Crippen molar-refractivity contribution in [3.8, 4) is 23.0 Å². The van der Waals surface area contributed by atoms with Gasteiger partial charge in [-0.15, -0.1) is 0 Å². The van der Waals surface area contributed by atoms with E-state index >= 15 is 0 Å². The molecule has 4 aromatic rings. The summed E-state index contributed by atoms with van der Waals surface area (Å²) in [5.41, 5.74) is 2.44. The van der Waals surface area contributed by atoms with E-state index in [0.717, 1.165) is 39.0 Å². The van der Waals surface area contributed by atoms with Crippen LogP contribution in [0.4, 0.5) is 11.4 Å². The van der Waals surface area contributed by atoms with Gasteiger partial charge in [0.2, 0.25) is 0 Å². The van der Waals surface area contributed by atoms with Crippen LogP contribution in [0.1, 0.15) is 49.7 Å². The first-order chi connectivity index (χ1) is 21.5. The van der Waals surface area contributed by atoms with Crippen molar-refractivity contribution in [1.82, 2.24) is 10.6 Å². The molecule has 230 valence electrons. The molecular weight excluding hydrogens is 560 g/mol. The summed E-state index contributed by atoms with van der Waals surface area (Å²) >= 11 is 0. The number of nitrogens with one attached hydrogen (secondary N) is 2. The van der Waals surface area contributed by atoms with Crippen molar-refractivity contribution in [2.24, 2.45) is 0 Å². The third-order valence-electron chi connectivity index (χ3n) is 7.03. The molecule has 0 saturated heterocycles. The first-order valence-electron chi connectivity index (χ1n) is 14.9. The average Bonchev–Trinajstić information content (AvgIpc) is 3.03. The lowest BCUT2D eigenvalue weighted by molar-refractivity contribution is -0.385. The van der Waals surface area contributed by atoms with Crippen molar-refractivity contribution in [2.75, 3.05) is 13.1 Å². The number of nitrogens with zero attached hydrogens (tertiary/aromatic N) is 2. The molecule has 0 heterocycles. The zero-order valence-electron chi connectivity index (χ0n) is 24.7. The van der Waals surface area contributed by atoms with Crippen molar-refractivity contribution < 1.29 is 19.3 Å². The SMILES string of the molecule is O=[N+]([O-])c1ccc(Oc2ccc(CNCCCCCCCCNCc3ccc(Oc4ccc([N+](=O)[O-])cc4)cc3)cc2)cc1. The molecule has 4 aromatic carbocycles. The molecule has 0 aliphatic rings. The quantitative estimate of drug-likeness (QED) is 0.0626. The van der Waals surface area contributed by atoms with Gasteiger partial charge < -0.3 is 20.1 Å². The Morgan fingerprint density at radius 3 is 1.07 bits per heavy atom. The third-order valence-corrected chi connectivity index (χ3v) is 7.03. The summed E-state index contributed by atoms with van der Waals surface area (Å²) in [5.74, 6) is 2.52. The fraction of sp³-hybridized carbons (Fsp3) is 0.294. The Morgan fingerprint density at radius 2 is 0.750 bits per heavy atom. The number of rotatable bonds is 19. The van der Waals surface area contributed by atoms with E-state index < -0.39 is 9.85 Å². The van der Waals surface area contributed by atoms with Crippen LogP contribution in [0.2, 0.25) is 0 Å². The predicted molar refractivity (Wildman–Crippen MR) is 170 cm³/mol. The molecule has 0 bridgehead atoms. The molecule has 2 N–H and O–H groups in total. The van der Waals surface area contributed by atoms with Crippen LogP contribution in [0.3, 0.4) is 0 Å². The van der Waals surface area contributed by atoms with Gasteiger partial charge >= 0.3 is 0 Å². The Morgan fingerprint density at radius 1 is 0.455 bits per heavy atom. The van der Waals surface area contributed by atoms with E-state index in [4.69, 9.17) is 9.47 Å². The minimum absolute atomic E-state index is 0.0415. The number of ether oxygens (including phenoxy) is 2. The molecule has 0 amide bonds. The highest BCUT2D eigenvalue weighted by Crippen LogP contribution is 2.25. The molecule has 0 aromatic heterocycles. The molecule has 0 aliphatic heterocycles. The maximum absolute atomic E-state index is 10.8. The second-order valence-electron chi connectivity index (χ2n) is 10.5. The summed E-state index contributed by atoms with van der Waals surface area (Å²) in [6.07, 6.45) is 7.24. The highest BCUT2D eigenvalue weighted by molar-refractivity contribution is 5.40. The number of non-ortho nitro benzene ring substituents is 2. The van der Waals surface area contributed by atoms with Gasteiger partial charge in [-0.1, -0.05) is 49.9 Å². The van der Waals surface area contributed by atoms with E-state index in [1.807, 2.05) is 48.5 Å². The molecule has 0 spiro atoms. The molecule has 10 heteroatoms. The van der Waals surface area contributed by atoms with Gasteiger partial charge in [0.05, 0.1) is 9.85 Å². The maximum atomic E-state index is 10.8. The summed E-state index contributed by atoms with van der Waals surface area (Å²) in [6.45, 7) is 3.58. The predicted octanol–water partition coefficient (Wildman–Crippen LogP) is 8.31. The van der Waals surface area contributed by atoms with Crippen LogP contribution in [-0.4, -0.2) is 22.9 Å². The van der Waals surface area contributed by atoms with Gasteiger partial charge in [-0.05, 0) is 85.6 Å². The maximum Gasteiger partial charge on any atom is 0.269 e. The molecule has 0 unspecified atom stereocenters. The largest absolute Gasteiger partial charge is 0.457 e. The second-order valence-corrected chi connectivity index (χ2v) is 10.5. The van der Waals surface area contributed by atoms with Crippen LogP contribution in [0.15, 0.2) is 97.1 Å². The molecule has 4 rings (SSSR count). The van der Waals surface area contributed by atoms with E-state index in [0.29, 0.717) is 23.0 Å². The summed E-state index contributed by atoms with van der Waals surface area (Å²) in [7, 11) is 0. The monoisotopic (exact) mass is 598 g/mol. The molecule has 0 fully saturated rings. The smallest absolute Gasteiger partial charge is 0.269 e. The van der Waals surface area contributed by atoms with E-state index in [1.165, 1.54) is 61.1 Å². The lowest BCUT2D eigenvalue weighted by atomic mass is 10.1. The lowest BCUT2D eigenvalue weighted by Crippen LogP contribution is -2.15. The van der Waals surface area contributed by atoms with Crippen LogP contribution in [0, 0.1) is 20.2 Å². The topological polar surface area (TPSA) is 129 Å². The number of nitro groups is 2. The minimum atomic E-state index is -0.428. The van der Waals surface area contributed by atoms with E-state index in [1.54, 1.807) is 24.3 Å². The Kier molecular flexibility index (Phi) is 12.7. The molecule has 0 atom stereocenters. The summed E-state index contributed by atoms with van der Waals surface area (Å²) in [6, 6.07) is 27.8. The van der Waals surface area contributed by atoms with Crippen molar-refractivity contribution in [3.63, 3.8) is 0 Å². The van der Waals surface area contributed by atoms with Gasteiger partial charge in [0, 0.05) is 37.4 Å². The number of nitro benzene ring substituents is 2. The van der Waals surface area contributed by atoms with Crippen LogP contribution in [0.25, 0.3) is 0 Å². The molecular formula is C34H38N4O6. The summed E-state index contributed by atoms with van der Waals surface area (Å²) in [5, 5.41) is 28.5. The zero-order chi connectivity index (χ0) is 31.0. The summed E-state index contributed by atoms with van der Waals surface area (Å²) < 4.78 is 11.5. The first-order valence-corrected chi connectivity index (χ1v) is 14.9. The van der Waals surface area contributed by atoms with Crippen molar-refractivity contribution in [2.45, 2.75) is 51.6 Å². The molecule has 10 nitrogen and oxygen atoms in total. The van der Waals surface area contributed by atoms with Crippen molar-refractivity contribution >= 4 is 11.4 Å². The molecule has 0 saturated carbocycles. The standard InChI is InChI=1S/C34H38N4O6/c39-37(40)29-11-19-33(20-12-29)43-31-15-7-27(8-16-31)25-35-23-5-3-1-2-4-6-24-36-26-28-9-17-32(18-10-28)44-34-21-13-30(14-22-34)38(41)42/h7-22,35-36H,1-6,23-26H2. The van der Waals surface area contributed by atoms with Gasteiger partial charge in [0.1, 0.15) is 23.0 Å². The van der Waals surface area contributed by atoms with Crippen LogP contribution in [-0.2, 0) is 13.1 Å². The Hall–Kier alpha value is -4.80. The Labute approximate surface area is 257 Å². The second kappa shape index (κ2) is 17.3. The molecule has 44 heavy (non-hydrogen) atoms. The Balaban J connectivity index is 0.974. The molecule has 0 radical (unpaired) electrons. The third kappa shape index (κ3) is 11.1. The van der Waals surface area contributed by atoms with E-state index in [2.05, 4.69) is 10.6 Å². The zero-order valence-corrected chi connectivity index (χ0v) is 24.7. The van der Waals surface area contributed by atoms with Crippen molar-refractivity contribution in [3.05, 3.63) is 128 Å². The normalized spacial score (nSPS) is 10.8. The Bertz CT molecular complexity index is 1330. The molecule has 0 aliphatic carbocycles. The van der Waals surface area contributed by atoms with Crippen LogP contribution in [0.5, 0.6) is 23.0 Å². The number of hydrogen-bond donors (Lipinski definition) is 2. The average molecular weight is 599 g/mol. The van der Waals surface area contributed by atoms with Gasteiger partial charge in [-0.3, -0.25) is 20.2 Å². The number of unbranched alkanes of at least 4 members (excludes halogenated alkanes) is 5. The van der Waals surface area contributed by atoms with Gasteiger partial charge in [0.15, 0.2) is 0 Å². The summed E-state index contributed by atoms with van der Waals surface area (Å²) in [4.78, 5) is 20.7. The van der Waals surface area contributed by atoms with Crippen LogP contribution < -0.4 is 20.1 Å². The van der Waals surface area contributed by atoms with Crippen LogP contribution >= 0.6 is 0 Å². The highest BCUT2D eigenvalue weighted by Gasteiger charge is 2.06. The van der Waals surface area contributed by atoms with E-state index in [-0.39, 0.29) is 11.4 Å². The minimum Gasteiger partial charge on any atom is -0.457 e. The van der Waals surface area contributed by atoms with Gasteiger partial charge in [-0.25, -0.2) is 0 Å². The van der Waals surface area contributed by atoms with Crippen molar-refractivity contribution in [1.29, 1.82) is 0 Å². The fourth-order valence-electron chi connectivity index (χ4n) is 4.57. The highest BCUT2D eigenvalue weighted by atomic mass is 16.6. The first kappa shape index (κ1) is 32.1. The lowest BCUT2D eigenvalue weighted by Gasteiger charge is -2.08. The van der Waals surface area contributed by atoms with Gasteiger partial charge in [0.25, 0.3) is 11.4 Å². The fourth-order valence-corrected chi connectivity index (χ4v) is 4.57. The number of benzene rings is 4. The van der Waals surface area contributed by atoms with Gasteiger partial charge in [-0.2, -0.15) is 0 Å². The van der Waals surface area contributed by atoms with E-state index in [9.17, 15) is 20.2 Å². The number of hydrogen-bond acceptors (Lipinski definition) is 8.